The summed E-state index contributed by atoms with van der Waals surface area (Å²) in [7, 11) is 0. The van der Waals surface area contributed by atoms with Crippen molar-refractivity contribution in [1.29, 1.82) is 0 Å². The molecule has 1 rings (SSSR count). The van der Waals surface area contributed by atoms with Gasteiger partial charge in [0.15, 0.2) is 5.84 Å². The minimum atomic E-state index is -0.384. The zero-order valence-corrected chi connectivity index (χ0v) is 10.9. The third kappa shape index (κ3) is 2.90. The van der Waals surface area contributed by atoms with Crippen molar-refractivity contribution in [3.05, 3.63) is 0 Å². The van der Waals surface area contributed by atoms with Crippen molar-refractivity contribution in [1.82, 2.24) is 4.90 Å². The molecule has 5 nitrogen and oxygen atoms in total. The molecular weight excluding hydrogens is 218 g/mol. The summed E-state index contributed by atoms with van der Waals surface area (Å²) in [5.41, 5.74) is 5.28. The van der Waals surface area contributed by atoms with Crippen LogP contribution in [0.3, 0.4) is 0 Å². The van der Waals surface area contributed by atoms with E-state index in [2.05, 4.69) is 5.16 Å². The third-order valence-electron chi connectivity index (χ3n) is 3.68. The number of nitrogens with two attached hydrogens (primary N) is 1. The number of amidine groups is 1. The van der Waals surface area contributed by atoms with Crippen LogP contribution >= 0.6 is 0 Å². The highest BCUT2D eigenvalue weighted by Gasteiger charge is 2.36. The topological polar surface area (TPSA) is 78.9 Å². The van der Waals surface area contributed by atoms with Gasteiger partial charge in [-0.25, -0.2) is 0 Å². The molecule has 5 heteroatoms. The zero-order chi connectivity index (χ0) is 13.1. The Hall–Kier alpha value is -1.26. The molecule has 1 atom stereocenters. The molecule has 0 bridgehead atoms. The number of nitrogens with zero attached hydrogens (tertiary/aromatic N) is 2. The van der Waals surface area contributed by atoms with Crippen LogP contribution < -0.4 is 5.73 Å². The molecule has 1 aliphatic heterocycles. The largest absolute Gasteiger partial charge is 0.409 e. The van der Waals surface area contributed by atoms with Gasteiger partial charge < -0.3 is 15.8 Å². The van der Waals surface area contributed by atoms with Crippen molar-refractivity contribution < 1.29 is 10.0 Å². The summed E-state index contributed by atoms with van der Waals surface area (Å²) in [6.45, 7) is 6.57. The van der Waals surface area contributed by atoms with E-state index in [0.717, 1.165) is 25.7 Å². The molecule has 3 N–H and O–H groups in total. The summed E-state index contributed by atoms with van der Waals surface area (Å²) in [4.78, 5) is 14.2. The highest BCUT2D eigenvalue weighted by atomic mass is 16.4. The summed E-state index contributed by atoms with van der Waals surface area (Å²) in [6.07, 6.45) is 3.56. The first kappa shape index (κ1) is 13.8. The average Bonchev–Trinajstić information content (AvgIpc) is 2.36. The van der Waals surface area contributed by atoms with Gasteiger partial charge in [-0.2, -0.15) is 0 Å². The maximum absolute atomic E-state index is 12.4. The van der Waals surface area contributed by atoms with E-state index in [1.54, 1.807) is 4.90 Å². The SMILES string of the molecule is CCC(C)(C)C(=O)N1CCCCC1C(N)=NO. The van der Waals surface area contributed by atoms with E-state index in [9.17, 15) is 4.79 Å². The van der Waals surface area contributed by atoms with Gasteiger partial charge in [-0.3, -0.25) is 4.79 Å². The van der Waals surface area contributed by atoms with Gasteiger partial charge >= 0.3 is 0 Å². The normalized spacial score (nSPS) is 22.6. The minimum absolute atomic E-state index is 0.0938. The van der Waals surface area contributed by atoms with Crippen molar-refractivity contribution in [2.45, 2.75) is 52.5 Å². The van der Waals surface area contributed by atoms with Crippen molar-refractivity contribution in [3.63, 3.8) is 0 Å². The highest BCUT2D eigenvalue weighted by molar-refractivity contribution is 5.91. The van der Waals surface area contributed by atoms with Gasteiger partial charge in [0.1, 0.15) is 0 Å². The van der Waals surface area contributed by atoms with Gasteiger partial charge in [0, 0.05) is 12.0 Å². The summed E-state index contributed by atoms with van der Waals surface area (Å²) >= 11 is 0. The smallest absolute Gasteiger partial charge is 0.228 e. The Kier molecular flexibility index (Phi) is 4.37. The highest BCUT2D eigenvalue weighted by Crippen LogP contribution is 2.27. The number of hydrogen-bond acceptors (Lipinski definition) is 3. The summed E-state index contributed by atoms with van der Waals surface area (Å²) in [6, 6.07) is -0.243. The van der Waals surface area contributed by atoms with Crippen molar-refractivity contribution in [3.8, 4) is 0 Å². The second-order valence-electron chi connectivity index (χ2n) is 5.27. The molecule has 98 valence electrons. The lowest BCUT2D eigenvalue weighted by molar-refractivity contribution is -0.142. The first-order valence-electron chi connectivity index (χ1n) is 6.22. The molecule has 1 amide bonds. The van der Waals surface area contributed by atoms with Gasteiger partial charge in [0.2, 0.25) is 5.91 Å². The average molecular weight is 241 g/mol. The summed E-state index contributed by atoms with van der Waals surface area (Å²) in [5, 5.41) is 11.8. The first-order valence-corrected chi connectivity index (χ1v) is 6.22. The molecule has 1 saturated heterocycles. The fourth-order valence-corrected chi connectivity index (χ4v) is 2.09. The number of carbonyl (C=O) groups excluding carboxylic acids is 1. The Morgan fingerprint density at radius 1 is 1.53 bits per heavy atom. The van der Waals surface area contributed by atoms with Crippen LogP contribution in [0, 0.1) is 5.41 Å². The van der Waals surface area contributed by atoms with Crippen LogP contribution in [0.25, 0.3) is 0 Å². The van der Waals surface area contributed by atoms with Crippen LogP contribution in [0.4, 0.5) is 0 Å². The monoisotopic (exact) mass is 241 g/mol. The van der Waals surface area contributed by atoms with E-state index in [1.807, 2.05) is 20.8 Å². The fraction of sp³-hybridized carbons (Fsp3) is 0.833. The molecule has 0 aromatic carbocycles. The van der Waals surface area contributed by atoms with E-state index in [-0.39, 0.29) is 23.2 Å². The lowest BCUT2D eigenvalue weighted by Gasteiger charge is -2.39. The Balaban J connectivity index is 2.89. The molecule has 1 unspecified atom stereocenters. The van der Waals surface area contributed by atoms with Crippen molar-refractivity contribution in [2.24, 2.45) is 16.3 Å². The number of hydrogen-bond donors (Lipinski definition) is 2. The molecule has 0 aromatic rings. The molecule has 0 spiro atoms. The summed E-state index contributed by atoms with van der Waals surface area (Å²) < 4.78 is 0. The zero-order valence-electron chi connectivity index (χ0n) is 10.9. The molecule has 17 heavy (non-hydrogen) atoms. The fourth-order valence-electron chi connectivity index (χ4n) is 2.09. The van der Waals surface area contributed by atoms with Crippen LogP contribution in [-0.2, 0) is 4.79 Å². The first-order chi connectivity index (χ1) is 7.94. The van der Waals surface area contributed by atoms with E-state index in [0.29, 0.717) is 6.54 Å². The molecule has 0 radical (unpaired) electrons. The van der Waals surface area contributed by atoms with Gasteiger partial charge in [-0.05, 0) is 25.7 Å². The number of likely N-dealkylation sites (tertiary alicyclic amines) is 1. The molecular formula is C12H23N3O2. The minimum Gasteiger partial charge on any atom is -0.409 e. The molecule has 1 fully saturated rings. The number of amides is 1. The lowest BCUT2D eigenvalue weighted by atomic mass is 9.86. The van der Waals surface area contributed by atoms with Gasteiger partial charge in [0.25, 0.3) is 0 Å². The van der Waals surface area contributed by atoms with Crippen LogP contribution in [-0.4, -0.2) is 34.4 Å². The van der Waals surface area contributed by atoms with E-state index < -0.39 is 0 Å². The predicted octanol–water partition coefficient (Wildman–Crippen LogP) is 1.55. The van der Waals surface area contributed by atoms with E-state index in [4.69, 9.17) is 10.9 Å². The van der Waals surface area contributed by atoms with Crippen LogP contribution in [0.15, 0.2) is 5.16 Å². The lowest BCUT2D eigenvalue weighted by Crippen LogP contribution is -2.54. The Morgan fingerprint density at radius 3 is 2.71 bits per heavy atom. The number of carbonyl (C=O) groups is 1. The second-order valence-corrected chi connectivity index (χ2v) is 5.27. The van der Waals surface area contributed by atoms with Gasteiger partial charge in [-0.15, -0.1) is 0 Å². The number of oxime groups is 1. The maximum Gasteiger partial charge on any atom is 0.228 e. The predicted molar refractivity (Wildman–Crippen MR) is 66.8 cm³/mol. The van der Waals surface area contributed by atoms with Crippen LogP contribution in [0.5, 0.6) is 0 Å². The Bertz CT molecular complexity index is 313. The molecule has 1 heterocycles. The third-order valence-corrected chi connectivity index (χ3v) is 3.68. The van der Waals surface area contributed by atoms with E-state index >= 15 is 0 Å². The van der Waals surface area contributed by atoms with Crippen LogP contribution in [0.1, 0.15) is 46.5 Å². The Morgan fingerprint density at radius 2 is 2.18 bits per heavy atom. The Labute approximate surface area is 103 Å². The van der Waals surface area contributed by atoms with Crippen molar-refractivity contribution in [2.75, 3.05) is 6.54 Å². The molecule has 0 aliphatic carbocycles. The van der Waals surface area contributed by atoms with Gasteiger partial charge in [0.05, 0.1) is 6.04 Å². The second kappa shape index (κ2) is 5.38. The maximum atomic E-state index is 12.4. The van der Waals surface area contributed by atoms with Gasteiger partial charge in [-0.1, -0.05) is 25.9 Å². The molecule has 0 aromatic heterocycles. The molecule has 1 aliphatic rings. The summed E-state index contributed by atoms with van der Waals surface area (Å²) in [5.74, 6) is 0.237. The number of piperidine rings is 1. The van der Waals surface area contributed by atoms with E-state index in [1.165, 1.54) is 0 Å². The quantitative estimate of drug-likeness (QED) is 0.340. The molecule has 0 saturated carbocycles. The standard InChI is InChI=1S/C12H23N3O2/c1-4-12(2,3)11(16)15-8-6-5-7-9(15)10(13)14-17/h9,17H,4-8H2,1-3H3,(H2,13,14). The van der Waals surface area contributed by atoms with Crippen LogP contribution in [0.2, 0.25) is 0 Å². The van der Waals surface area contributed by atoms with Crippen molar-refractivity contribution >= 4 is 11.7 Å². The number of rotatable bonds is 3.